The molecule has 3 aliphatic rings. The first kappa shape index (κ1) is 33.2. The highest BCUT2D eigenvalue weighted by atomic mass is 14.4. The molecule has 1 fully saturated rings. The zero-order valence-corrected chi connectivity index (χ0v) is 30.0. The molecule has 1 unspecified atom stereocenters. The molecule has 0 aliphatic heterocycles. The minimum Gasteiger partial charge on any atom is -0.0998 e. The van der Waals surface area contributed by atoms with Crippen LogP contribution in [0, 0.1) is 37.0 Å². The fourth-order valence-electron chi connectivity index (χ4n) is 7.77. The minimum absolute atomic E-state index is 0.500. The van der Waals surface area contributed by atoms with Crippen LogP contribution in [0.2, 0.25) is 0 Å². The van der Waals surface area contributed by atoms with Crippen molar-refractivity contribution in [3.63, 3.8) is 0 Å². The molecular weight excluding hydrogens is 540 g/mol. The average molecular weight is 599 g/mol. The second kappa shape index (κ2) is 13.3. The monoisotopic (exact) mass is 598 g/mol. The Morgan fingerprint density at radius 2 is 1.51 bits per heavy atom. The van der Waals surface area contributed by atoms with E-state index in [0.717, 1.165) is 30.6 Å². The average Bonchev–Trinajstić information content (AvgIpc) is 3.53. The van der Waals surface area contributed by atoms with Crippen molar-refractivity contribution in [2.75, 3.05) is 0 Å². The van der Waals surface area contributed by atoms with Crippen LogP contribution in [0.25, 0.3) is 28.3 Å². The van der Waals surface area contributed by atoms with Crippen molar-refractivity contribution in [3.05, 3.63) is 111 Å². The standard InChI is InChI=1S/C40H46.C5H12/c1-24(2)18-36-27(6)19-34-21-33(23-38(34)40(36)31-10-8-26(5)9-11-31)32-16-17-35-28(7)20-37(39(35)22-32)30-14-12-29(13-15-30)25(3)4;1-5(2,3)4/h8-11,16-17,19-22,25,28-30H,1,12-15,18,23H2,2-7H3;1-4H3. The summed E-state index contributed by atoms with van der Waals surface area (Å²) < 4.78 is 0. The molecule has 0 aromatic heterocycles. The van der Waals surface area contributed by atoms with E-state index in [2.05, 4.69) is 136 Å². The molecule has 1 atom stereocenters. The Hall–Kier alpha value is -3.12. The molecule has 0 radical (unpaired) electrons. The lowest BCUT2D eigenvalue weighted by molar-refractivity contribution is 0.252. The normalized spacial score (nSPS) is 20.6. The van der Waals surface area contributed by atoms with Gasteiger partial charge in [0.2, 0.25) is 0 Å². The van der Waals surface area contributed by atoms with Crippen LogP contribution in [0.1, 0.15) is 131 Å². The van der Waals surface area contributed by atoms with Gasteiger partial charge < -0.3 is 0 Å². The Labute approximate surface area is 275 Å². The Bertz CT molecular complexity index is 1600. The maximum atomic E-state index is 4.28. The third kappa shape index (κ3) is 7.65. The van der Waals surface area contributed by atoms with Crippen molar-refractivity contribution in [1.82, 2.24) is 0 Å². The predicted octanol–water partition coefficient (Wildman–Crippen LogP) is 13.2. The lowest BCUT2D eigenvalue weighted by Crippen LogP contribution is -2.19. The summed E-state index contributed by atoms with van der Waals surface area (Å²) in [6, 6.07) is 18.9. The molecular formula is C45H58. The van der Waals surface area contributed by atoms with Gasteiger partial charge in [0, 0.05) is 5.92 Å². The fourth-order valence-corrected chi connectivity index (χ4v) is 7.77. The first-order chi connectivity index (χ1) is 21.2. The van der Waals surface area contributed by atoms with E-state index in [9.17, 15) is 0 Å². The van der Waals surface area contributed by atoms with Gasteiger partial charge in [-0.15, -0.1) is 0 Å². The van der Waals surface area contributed by atoms with Gasteiger partial charge in [-0.05, 0) is 150 Å². The molecule has 0 bridgehead atoms. The second-order valence-corrected chi connectivity index (χ2v) is 16.5. The minimum atomic E-state index is 0.500. The van der Waals surface area contributed by atoms with Crippen LogP contribution in [0.3, 0.4) is 0 Å². The number of fused-ring (bicyclic) bond motifs is 2. The van der Waals surface area contributed by atoms with E-state index in [1.807, 2.05) is 0 Å². The number of allylic oxidation sites excluding steroid dienone is 4. The smallest absolute Gasteiger partial charge is 0.000174 e. The summed E-state index contributed by atoms with van der Waals surface area (Å²) in [7, 11) is 0. The van der Waals surface area contributed by atoms with E-state index >= 15 is 0 Å². The summed E-state index contributed by atoms with van der Waals surface area (Å²) in [4.78, 5) is 0. The highest BCUT2D eigenvalue weighted by molar-refractivity contribution is 5.94. The summed E-state index contributed by atoms with van der Waals surface area (Å²) in [5, 5.41) is 0. The Morgan fingerprint density at radius 1 is 0.889 bits per heavy atom. The highest BCUT2D eigenvalue weighted by Crippen LogP contribution is 2.48. The molecule has 0 saturated heterocycles. The van der Waals surface area contributed by atoms with E-state index in [1.165, 1.54) is 92.5 Å². The third-order valence-electron chi connectivity index (χ3n) is 10.1. The summed E-state index contributed by atoms with van der Waals surface area (Å²) in [6.07, 6.45) is 12.5. The van der Waals surface area contributed by atoms with Crippen LogP contribution >= 0.6 is 0 Å². The fraction of sp³-hybridized carbons (Fsp3) is 0.467. The summed E-state index contributed by atoms with van der Waals surface area (Å²) >= 11 is 0. The molecule has 0 spiro atoms. The number of hydrogen-bond acceptors (Lipinski definition) is 0. The molecule has 0 amide bonds. The van der Waals surface area contributed by atoms with Crippen LogP contribution < -0.4 is 0 Å². The number of hydrogen-bond donors (Lipinski definition) is 0. The van der Waals surface area contributed by atoms with Gasteiger partial charge in [0.05, 0.1) is 0 Å². The largest absolute Gasteiger partial charge is 0.0998 e. The maximum Gasteiger partial charge on any atom is 0.000174 e. The zero-order valence-electron chi connectivity index (χ0n) is 30.0. The van der Waals surface area contributed by atoms with Crippen LogP contribution in [0.5, 0.6) is 0 Å². The SMILES string of the molecule is C=C(C)Cc1c(C)cc2c(c1-c1ccc(C)cc1)CC(c1ccc3c(c1)C(C1CCC(C(C)C)CC1)=CC3C)=C2.CC(C)(C)C. The van der Waals surface area contributed by atoms with E-state index in [4.69, 9.17) is 0 Å². The van der Waals surface area contributed by atoms with Gasteiger partial charge in [0.15, 0.2) is 0 Å². The molecule has 0 nitrogen and oxygen atoms in total. The first-order valence-corrected chi connectivity index (χ1v) is 17.6. The lowest BCUT2D eigenvalue weighted by Gasteiger charge is -2.32. The molecule has 3 aromatic carbocycles. The molecule has 238 valence electrons. The number of rotatable bonds is 6. The van der Waals surface area contributed by atoms with Crippen LogP contribution in [-0.4, -0.2) is 0 Å². The predicted molar refractivity (Wildman–Crippen MR) is 200 cm³/mol. The highest BCUT2D eigenvalue weighted by Gasteiger charge is 2.31. The Kier molecular flexibility index (Phi) is 9.84. The lowest BCUT2D eigenvalue weighted by atomic mass is 9.73. The molecule has 6 rings (SSSR count). The van der Waals surface area contributed by atoms with Gasteiger partial charge >= 0.3 is 0 Å². The van der Waals surface area contributed by atoms with Crippen LogP contribution in [0.4, 0.5) is 0 Å². The van der Waals surface area contributed by atoms with Crippen molar-refractivity contribution >= 4 is 17.2 Å². The van der Waals surface area contributed by atoms with Gasteiger partial charge in [-0.25, -0.2) is 0 Å². The van der Waals surface area contributed by atoms with Gasteiger partial charge in [-0.3, -0.25) is 0 Å². The van der Waals surface area contributed by atoms with Crippen LogP contribution in [-0.2, 0) is 12.8 Å². The van der Waals surface area contributed by atoms with Crippen molar-refractivity contribution in [3.8, 4) is 11.1 Å². The van der Waals surface area contributed by atoms with Crippen molar-refractivity contribution in [2.45, 2.75) is 114 Å². The van der Waals surface area contributed by atoms with E-state index in [1.54, 1.807) is 5.57 Å². The van der Waals surface area contributed by atoms with E-state index in [0.29, 0.717) is 11.3 Å². The number of aryl methyl sites for hydroxylation is 2. The Balaban J connectivity index is 0.000000743. The van der Waals surface area contributed by atoms with Gasteiger partial charge in [-0.1, -0.05) is 121 Å². The Morgan fingerprint density at radius 3 is 2.11 bits per heavy atom. The van der Waals surface area contributed by atoms with Gasteiger partial charge in [0.1, 0.15) is 0 Å². The molecule has 3 aromatic rings. The second-order valence-electron chi connectivity index (χ2n) is 16.5. The molecule has 0 heterocycles. The van der Waals surface area contributed by atoms with Crippen molar-refractivity contribution in [1.29, 1.82) is 0 Å². The third-order valence-corrected chi connectivity index (χ3v) is 10.1. The van der Waals surface area contributed by atoms with Crippen LogP contribution in [0.15, 0.2) is 66.8 Å². The number of benzene rings is 3. The molecule has 0 N–H and O–H groups in total. The maximum absolute atomic E-state index is 4.28. The van der Waals surface area contributed by atoms with Crippen molar-refractivity contribution < 1.29 is 0 Å². The topological polar surface area (TPSA) is 0 Å². The summed E-state index contributed by atoms with van der Waals surface area (Å²) in [5.41, 5.74) is 19.1. The molecule has 1 saturated carbocycles. The summed E-state index contributed by atoms with van der Waals surface area (Å²) in [5.74, 6) is 2.97. The molecule has 45 heavy (non-hydrogen) atoms. The molecule has 3 aliphatic carbocycles. The zero-order chi connectivity index (χ0) is 32.6. The van der Waals surface area contributed by atoms with Gasteiger partial charge in [0.25, 0.3) is 0 Å². The summed E-state index contributed by atoms with van der Waals surface area (Å²) in [6.45, 7) is 26.8. The molecule has 0 heteroatoms. The van der Waals surface area contributed by atoms with Gasteiger partial charge in [-0.2, -0.15) is 0 Å². The van der Waals surface area contributed by atoms with E-state index in [-0.39, 0.29) is 0 Å². The van der Waals surface area contributed by atoms with Crippen molar-refractivity contribution in [2.24, 2.45) is 23.2 Å². The van der Waals surface area contributed by atoms with E-state index < -0.39 is 0 Å². The first-order valence-electron chi connectivity index (χ1n) is 17.6. The quantitative estimate of drug-likeness (QED) is 0.248.